The number of amidine groups is 1. The summed E-state index contributed by atoms with van der Waals surface area (Å²) < 4.78 is 0. The van der Waals surface area contributed by atoms with E-state index in [1.54, 1.807) is 5.01 Å². The van der Waals surface area contributed by atoms with Crippen molar-refractivity contribution in [3.05, 3.63) is 148 Å². The van der Waals surface area contributed by atoms with Gasteiger partial charge in [-0.15, -0.1) is 5.10 Å². The highest BCUT2D eigenvalue weighted by atomic mass is 16.6. The van der Waals surface area contributed by atoms with Gasteiger partial charge in [0.25, 0.3) is 0 Å². The summed E-state index contributed by atoms with van der Waals surface area (Å²) in [4.78, 5) is 13.6. The summed E-state index contributed by atoms with van der Waals surface area (Å²) in [6.45, 7) is -0.344. The first kappa shape index (κ1) is 21.2. The Morgan fingerprint density at radius 2 is 1.21 bits per heavy atom. The smallest absolute Gasteiger partial charge is 0.233 e. The van der Waals surface area contributed by atoms with Crippen molar-refractivity contribution in [2.45, 2.75) is 0 Å². The summed E-state index contributed by atoms with van der Waals surface area (Å²) in [7, 11) is 0. The average molecular weight is 447 g/mol. The van der Waals surface area contributed by atoms with E-state index in [0.717, 1.165) is 22.5 Å². The van der Waals surface area contributed by atoms with Crippen LogP contribution in [0.1, 0.15) is 11.1 Å². The average Bonchev–Trinajstić information content (AvgIpc) is 3.30. The molecule has 1 heterocycles. The molecule has 4 aromatic carbocycles. The fraction of sp³-hybridized carbons (Fsp3) is 0.0357. The molecular weight excluding hydrogens is 424 g/mol. The van der Waals surface area contributed by atoms with Crippen LogP contribution < -0.4 is 9.91 Å². The Kier molecular flexibility index (Phi) is 5.86. The Hall–Kier alpha value is -4.71. The highest BCUT2D eigenvalue weighted by molar-refractivity contribution is 6.16. The molecule has 1 aliphatic rings. The molecular formula is C28H22N4O2. The molecule has 6 nitrogen and oxygen atoms in total. The molecule has 0 N–H and O–H groups in total. The third-order valence-electron chi connectivity index (χ3n) is 5.55. The van der Waals surface area contributed by atoms with Gasteiger partial charge in [0.15, 0.2) is 11.7 Å². The van der Waals surface area contributed by atoms with Crippen LogP contribution in [0.5, 0.6) is 0 Å². The topological polar surface area (TPSA) is 62.0 Å². The van der Waals surface area contributed by atoms with Crippen LogP contribution in [-0.2, 0) is 0 Å². The van der Waals surface area contributed by atoms with E-state index in [2.05, 4.69) is 0 Å². The molecule has 0 fully saturated rings. The van der Waals surface area contributed by atoms with Gasteiger partial charge >= 0.3 is 0 Å². The van der Waals surface area contributed by atoms with Gasteiger partial charge in [0.2, 0.25) is 6.54 Å². The van der Waals surface area contributed by atoms with Gasteiger partial charge < -0.3 is 0 Å². The second kappa shape index (κ2) is 9.42. The van der Waals surface area contributed by atoms with Crippen molar-refractivity contribution < 1.29 is 4.92 Å². The van der Waals surface area contributed by atoms with Crippen LogP contribution in [0.4, 0.5) is 11.4 Å². The predicted molar refractivity (Wildman–Crippen MR) is 136 cm³/mol. The van der Waals surface area contributed by atoms with Crippen molar-refractivity contribution in [3.8, 4) is 0 Å². The molecule has 0 amide bonds. The molecule has 1 aliphatic heterocycles. The molecule has 0 unspecified atom stereocenters. The highest BCUT2D eigenvalue weighted by Crippen LogP contribution is 2.38. The van der Waals surface area contributed by atoms with Crippen LogP contribution in [0.2, 0.25) is 0 Å². The molecule has 0 aromatic heterocycles. The number of nitrogens with zero attached hydrogens (tertiary/aromatic N) is 4. The van der Waals surface area contributed by atoms with Crippen molar-refractivity contribution in [1.29, 1.82) is 0 Å². The number of rotatable bonds is 6. The Morgan fingerprint density at radius 3 is 1.76 bits per heavy atom. The van der Waals surface area contributed by atoms with Gasteiger partial charge in [0, 0.05) is 16.2 Å². The second-order valence-corrected chi connectivity index (χ2v) is 7.77. The van der Waals surface area contributed by atoms with Crippen molar-refractivity contribution >= 4 is 22.8 Å². The lowest BCUT2D eigenvalue weighted by Crippen LogP contribution is -2.31. The first-order valence-corrected chi connectivity index (χ1v) is 11.0. The quantitative estimate of drug-likeness (QED) is 0.268. The number of benzene rings is 4. The fourth-order valence-corrected chi connectivity index (χ4v) is 4.05. The van der Waals surface area contributed by atoms with E-state index in [9.17, 15) is 10.1 Å². The minimum absolute atomic E-state index is 0.289. The van der Waals surface area contributed by atoms with Crippen LogP contribution in [0.25, 0.3) is 5.57 Å². The molecule has 0 spiro atoms. The third kappa shape index (κ3) is 4.17. The standard InChI is InChI=1S/C28H22N4O2/c33-30(34)21-26(22-13-5-1-6-14-22)28-31(24-17-9-3-10-18-24)27(23-15-7-2-8-16-23)29-32(28)25-19-11-4-12-20-25/h1-20H,21H2/b28-26+. The normalized spacial score (nSPS) is 14.6. The van der Waals surface area contributed by atoms with Gasteiger partial charge in [0.05, 0.1) is 11.3 Å². The van der Waals surface area contributed by atoms with E-state index in [1.165, 1.54) is 0 Å². The maximum absolute atomic E-state index is 11.9. The van der Waals surface area contributed by atoms with Gasteiger partial charge in [-0.1, -0.05) is 97.1 Å². The SMILES string of the molecule is O=[N+]([O-])C/C(=C1\N(c2ccccc2)N=C(c2ccccc2)N1c1ccccc1)c1ccccc1. The predicted octanol–water partition coefficient (Wildman–Crippen LogP) is 6.02. The summed E-state index contributed by atoms with van der Waals surface area (Å²) in [5, 5.41) is 18.7. The number of hydrazone groups is 1. The largest absolute Gasteiger partial charge is 0.277 e. The summed E-state index contributed by atoms with van der Waals surface area (Å²) in [6, 6.07) is 38.9. The molecule has 0 atom stereocenters. The zero-order valence-electron chi connectivity index (χ0n) is 18.4. The van der Waals surface area contributed by atoms with Crippen LogP contribution in [0.3, 0.4) is 0 Å². The van der Waals surface area contributed by atoms with Crippen molar-refractivity contribution in [3.63, 3.8) is 0 Å². The van der Waals surface area contributed by atoms with Crippen LogP contribution in [-0.4, -0.2) is 17.3 Å². The number of hydrogen-bond donors (Lipinski definition) is 0. The summed E-state index contributed by atoms with van der Waals surface area (Å²) in [5.41, 5.74) is 3.96. The van der Waals surface area contributed by atoms with Gasteiger partial charge in [-0.05, 0) is 29.8 Å². The lowest BCUT2D eigenvalue weighted by Gasteiger charge is -2.27. The maximum Gasteiger partial charge on any atom is 0.233 e. The summed E-state index contributed by atoms with van der Waals surface area (Å²) in [5.74, 6) is 1.33. The molecule has 166 valence electrons. The minimum Gasteiger partial charge on any atom is -0.277 e. The van der Waals surface area contributed by atoms with E-state index in [1.807, 2.05) is 126 Å². The molecule has 0 bridgehead atoms. The Balaban J connectivity index is 1.83. The lowest BCUT2D eigenvalue weighted by atomic mass is 10.0. The van der Waals surface area contributed by atoms with E-state index < -0.39 is 0 Å². The zero-order valence-corrected chi connectivity index (χ0v) is 18.4. The lowest BCUT2D eigenvalue weighted by molar-refractivity contribution is -0.465. The molecule has 0 radical (unpaired) electrons. The molecule has 0 saturated heterocycles. The first-order valence-electron chi connectivity index (χ1n) is 11.0. The molecule has 6 heteroatoms. The van der Waals surface area contributed by atoms with Gasteiger partial charge in [-0.2, -0.15) is 0 Å². The summed E-state index contributed by atoms with van der Waals surface area (Å²) in [6.07, 6.45) is 0. The maximum atomic E-state index is 11.9. The molecule has 0 aliphatic carbocycles. The Bertz CT molecular complexity index is 1340. The molecule has 0 saturated carbocycles. The van der Waals surface area contributed by atoms with E-state index in [-0.39, 0.29) is 11.5 Å². The second-order valence-electron chi connectivity index (χ2n) is 7.77. The van der Waals surface area contributed by atoms with E-state index >= 15 is 0 Å². The van der Waals surface area contributed by atoms with Crippen molar-refractivity contribution in [2.75, 3.05) is 16.5 Å². The number of anilines is 2. The van der Waals surface area contributed by atoms with Crippen LogP contribution >= 0.6 is 0 Å². The van der Waals surface area contributed by atoms with Gasteiger partial charge in [-0.3, -0.25) is 15.0 Å². The van der Waals surface area contributed by atoms with Gasteiger partial charge in [0.1, 0.15) is 0 Å². The van der Waals surface area contributed by atoms with E-state index in [0.29, 0.717) is 17.2 Å². The highest BCUT2D eigenvalue weighted by Gasteiger charge is 2.36. The number of para-hydroxylation sites is 2. The monoisotopic (exact) mass is 446 g/mol. The number of hydrogen-bond acceptors (Lipinski definition) is 5. The molecule has 34 heavy (non-hydrogen) atoms. The third-order valence-corrected chi connectivity index (χ3v) is 5.55. The number of nitro groups is 1. The molecule has 5 rings (SSSR count). The first-order chi connectivity index (χ1) is 16.7. The van der Waals surface area contributed by atoms with Crippen LogP contribution in [0.15, 0.2) is 132 Å². The van der Waals surface area contributed by atoms with Gasteiger partial charge in [-0.25, -0.2) is 5.01 Å². The fourth-order valence-electron chi connectivity index (χ4n) is 4.05. The van der Waals surface area contributed by atoms with Crippen LogP contribution in [0, 0.1) is 10.1 Å². The van der Waals surface area contributed by atoms with Crippen molar-refractivity contribution in [2.24, 2.45) is 5.10 Å². The molecule has 4 aromatic rings. The zero-order chi connectivity index (χ0) is 23.3. The van der Waals surface area contributed by atoms with Crippen molar-refractivity contribution in [1.82, 2.24) is 0 Å². The summed E-state index contributed by atoms with van der Waals surface area (Å²) >= 11 is 0. The minimum atomic E-state index is -0.344. The Morgan fingerprint density at radius 1 is 0.706 bits per heavy atom. The van der Waals surface area contributed by atoms with E-state index in [4.69, 9.17) is 5.10 Å². The Labute approximate surface area is 197 Å².